The molecule has 4 atom stereocenters. The molecule has 1 aromatic rings. The second-order valence-corrected chi connectivity index (χ2v) is 8.31. The van der Waals surface area contributed by atoms with Gasteiger partial charge in [-0.1, -0.05) is 33.6 Å². The van der Waals surface area contributed by atoms with E-state index in [0.29, 0.717) is 10.9 Å². The van der Waals surface area contributed by atoms with Gasteiger partial charge in [0.2, 0.25) is 0 Å². The third-order valence-electron chi connectivity index (χ3n) is 4.18. The number of hydrogen-bond donors (Lipinski definition) is 2. The molecular formula is C14H16BrNO4S. The van der Waals surface area contributed by atoms with Crippen LogP contribution in [0.2, 0.25) is 0 Å². The minimum absolute atomic E-state index is 0.177. The van der Waals surface area contributed by atoms with Crippen molar-refractivity contribution >= 4 is 26.0 Å². The number of rotatable bonds is 2. The van der Waals surface area contributed by atoms with Crippen molar-refractivity contribution in [3.63, 3.8) is 0 Å². The minimum Gasteiger partial charge on any atom is -0.390 e. The van der Waals surface area contributed by atoms with Crippen LogP contribution in [0, 0.1) is 12.8 Å². The lowest BCUT2D eigenvalue weighted by Gasteiger charge is -2.31. The lowest BCUT2D eigenvalue weighted by atomic mass is 10.0. The zero-order valence-electron chi connectivity index (χ0n) is 11.3. The molecule has 1 heterocycles. The van der Waals surface area contributed by atoms with Crippen molar-refractivity contribution < 1.29 is 18.6 Å². The van der Waals surface area contributed by atoms with E-state index in [9.17, 15) is 18.6 Å². The number of fused-ring (bicyclic) bond motifs is 2. The van der Waals surface area contributed by atoms with E-state index in [4.69, 9.17) is 0 Å². The molecule has 1 fully saturated rings. The van der Waals surface area contributed by atoms with Crippen LogP contribution in [-0.2, 0) is 10.0 Å². The smallest absolute Gasteiger partial charge is 0.264 e. The van der Waals surface area contributed by atoms with Crippen LogP contribution < -0.4 is 0 Å². The first kappa shape index (κ1) is 15.0. The lowest BCUT2D eigenvalue weighted by Crippen LogP contribution is -2.43. The predicted molar refractivity (Wildman–Crippen MR) is 81.1 cm³/mol. The second kappa shape index (κ2) is 5.08. The molecule has 0 amide bonds. The number of halogens is 1. The van der Waals surface area contributed by atoms with Crippen molar-refractivity contribution in [3.8, 4) is 0 Å². The fraction of sp³-hybridized carbons (Fsp3) is 0.429. The van der Waals surface area contributed by atoms with Crippen LogP contribution in [0.25, 0.3) is 0 Å². The van der Waals surface area contributed by atoms with Gasteiger partial charge in [-0.25, -0.2) is 8.42 Å². The molecule has 21 heavy (non-hydrogen) atoms. The van der Waals surface area contributed by atoms with Crippen molar-refractivity contribution in [1.82, 2.24) is 4.31 Å². The number of hydrogen-bond acceptors (Lipinski definition) is 4. The summed E-state index contributed by atoms with van der Waals surface area (Å²) in [5, 5.41) is 20.1. The fourth-order valence-corrected chi connectivity index (χ4v) is 5.28. The summed E-state index contributed by atoms with van der Waals surface area (Å²) in [6.45, 7) is 1.88. The van der Waals surface area contributed by atoms with Crippen molar-refractivity contribution in [1.29, 1.82) is 0 Å². The number of aliphatic hydroxyl groups excluding tert-OH is 2. The van der Waals surface area contributed by atoms with Crippen LogP contribution in [0.1, 0.15) is 12.0 Å². The first-order valence-electron chi connectivity index (χ1n) is 6.66. The number of aryl methyl sites for hydroxylation is 1. The van der Waals surface area contributed by atoms with Crippen molar-refractivity contribution in [2.24, 2.45) is 5.92 Å². The summed E-state index contributed by atoms with van der Waals surface area (Å²) in [7, 11) is -3.75. The molecule has 1 aromatic carbocycles. The molecule has 2 N–H and O–H groups in total. The van der Waals surface area contributed by atoms with E-state index in [0.717, 1.165) is 5.56 Å². The summed E-state index contributed by atoms with van der Waals surface area (Å²) < 4.78 is 27.3. The fourth-order valence-electron chi connectivity index (χ4n) is 2.93. The Bertz CT molecular complexity index is 685. The van der Waals surface area contributed by atoms with E-state index in [2.05, 4.69) is 15.9 Å². The van der Waals surface area contributed by atoms with Crippen LogP contribution in [0.3, 0.4) is 0 Å². The summed E-state index contributed by atoms with van der Waals surface area (Å²) in [5.74, 6) is -0.241. The Kier molecular flexibility index (Phi) is 3.64. The van der Waals surface area contributed by atoms with Gasteiger partial charge in [0.1, 0.15) is 6.10 Å². The molecule has 7 heteroatoms. The lowest BCUT2D eigenvalue weighted by molar-refractivity contribution is 0.0153. The minimum atomic E-state index is -3.75. The van der Waals surface area contributed by atoms with Crippen molar-refractivity contribution in [2.75, 3.05) is 0 Å². The second-order valence-electron chi connectivity index (χ2n) is 5.55. The van der Waals surface area contributed by atoms with E-state index >= 15 is 0 Å². The van der Waals surface area contributed by atoms with Gasteiger partial charge >= 0.3 is 0 Å². The molecule has 1 saturated carbocycles. The molecule has 2 unspecified atom stereocenters. The topological polar surface area (TPSA) is 77.8 Å². The van der Waals surface area contributed by atoms with Crippen LogP contribution >= 0.6 is 15.9 Å². The Morgan fingerprint density at radius 2 is 1.81 bits per heavy atom. The molecule has 1 aliphatic carbocycles. The Hall–Kier alpha value is -0.890. The predicted octanol–water partition coefficient (Wildman–Crippen LogP) is 1.35. The van der Waals surface area contributed by atoms with Gasteiger partial charge in [-0.15, -0.1) is 0 Å². The van der Waals surface area contributed by atoms with Crippen LogP contribution in [0.5, 0.6) is 0 Å². The van der Waals surface area contributed by atoms with Gasteiger partial charge in [-0.2, -0.15) is 0 Å². The van der Waals surface area contributed by atoms with Gasteiger partial charge in [-0.3, -0.25) is 4.31 Å². The summed E-state index contributed by atoms with van der Waals surface area (Å²) >= 11 is 3.31. The quantitative estimate of drug-likeness (QED) is 0.819. The first-order valence-corrected chi connectivity index (χ1v) is 8.89. The average molecular weight is 374 g/mol. The molecule has 3 rings (SSSR count). The third kappa shape index (κ3) is 2.32. The highest BCUT2D eigenvalue weighted by Gasteiger charge is 2.50. The van der Waals surface area contributed by atoms with Crippen LogP contribution in [-0.4, -0.2) is 41.2 Å². The number of aliphatic hydroxyl groups is 2. The normalized spacial score (nSPS) is 32.2. The van der Waals surface area contributed by atoms with Crippen LogP contribution in [0.15, 0.2) is 39.8 Å². The van der Waals surface area contributed by atoms with Gasteiger partial charge in [0.15, 0.2) is 0 Å². The van der Waals surface area contributed by atoms with Crippen molar-refractivity contribution in [2.45, 2.75) is 36.5 Å². The van der Waals surface area contributed by atoms with Crippen molar-refractivity contribution in [3.05, 3.63) is 40.5 Å². The van der Waals surface area contributed by atoms with Crippen LogP contribution in [0.4, 0.5) is 0 Å². The summed E-state index contributed by atoms with van der Waals surface area (Å²) in [6, 6.07) is 5.95. The molecule has 0 saturated heterocycles. The molecule has 0 aromatic heterocycles. The molecule has 0 spiro atoms. The highest BCUT2D eigenvalue weighted by atomic mass is 79.9. The van der Waals surface area contributed by atoms with E-state index < -0.39 is 28.3 Å². The Balaban J connectivity index is 2.03. The zero-order chi connectivity index (χ0) is 15.4. The summed E-state index contributed by atoms with van der Waals surface area (Å²) in [5.41, 5.74) is 0.973. The van der Waals surface area contributed by atoms with E-state index in [1.807, 2.05) is 6.92 Å². The molecule has 0 radical (unpaired) electrons. The number of benzene rings is 1. The van der Waals surface area contributed by atoms with E-state index in [1.54, 1.807) is 24.3 Å². The summed E-state index contributed by atoms with van der Waals surface area (Å²) in [6.07, 6.45) is -0.154. The highest BCUT2D eigenvalue weighted by molar-refractivity contribution is 9.11. The Morgan fingerprint density at radius 1 is 1.19 bits per heavy atom. The van der Waals surface area contributed by atoms with Gasteiger partial charge < -0.3 is 10.2 Å². The van der Waals surface area contributed by atoms with Gasteiger partial charge in [0, 0.05) is 16.6 Å². The standard InChI is InChI=1S/C14H16BrNO4S/c1-8-2-4-9(5-3-8)21(19,20)16-7-11(15)10-6-12(16)14(18)13(10)17/h2-5,7,10,12-14,17-18H,6H2,1H3/t10-,12-,13?,14?/m0/s1. The molecule has 2 bridgehead atoms. The largest absolute Gasteiger partial charge is 0.390 e. The van der Waals surface area contributed by atoms with E-state index in [-0.39, 0.29) is 10.8 Å². The van der Waals surface area contributed by atoms with Gasteiger partial charge in [-0.05, 0) is 25.5 Å². The third-order valence-corrected chi connectivity index (χ3v) is 6.77. The average Bonchev–Trinajstić information content (AvgIpc) is 2.69. The Morgan fingerprint density at radius 3 is 2.43 bits per heavy atom. The molecule has 1 aliphatic heterocycles. The van der Waals surface area contributed by atoms with E-state index in [1.165, 1.54) is 10.5 Å². The van der Waals surface area contributed by atoms with Gasteiger partial charge in [0.25, 0.3) is 10.0 Å². The monoisotopic (exact) mass is 373 g/mol. The molecule has 114 valence electrons. The maximum atomic E-state index is 12.8. The first-order chi connectivity index (χ1) is 9.82. The number of sulfonamides is 1. The highest BCUT2D eigenvalue weighted by Crippen LogP contribution is 2.43. The molecule has 5 nitrogen and oxygen atoms in total. The molecule has 2 aliphatic rings. The Labute approximate surface area is 132 Å². The maximum absolute atomic E-state index is 12.8. The van der Waals surface area contributed by atoms with Gasteiger partial charge in [0.05, 0.1) is 17.0 Å². The SMILES string of the molecule is Cc1ccc(S(=O)(=O)N2C=C(Br)[C@@H]3C[C@H]2C(O)C3O)cc1. The molecular weight excluding hydrogens is 358 g/mol. The summed E-state index contributed by atoms with van der Waals surface area (Å²) in [4.78, 5) is 0.177. The maximum Gasteiger partial charge on any atom is 0.264 e. The zero-order valence-corrected chi connectivity index (χ0v) is 13.8. The number of nitrogens with zero attached hydrogens (tertiary/aromatic N) is 1.